The zero-order chi connectivity index (χ0) is 16.7. The number of hydrogen-bond donors (Lipinski definition) is 0. The molecule has 0 N–H and O–H groups in total. The van der Waals surface area contributed by atoms with Gasteiger partial charge in [-0.25, -0.2) is 4.39 Å². The predicted molar refractivity (Wildman–Crippen MR) is 84.3 cm³/mol. The van der Waals surface area contributed by atoms with Crippen molar-refractivity contribution in [3.8, 4) is 0 Å². The number of hydrogen-bond acceptors (Lipinski definition) is 3. The van der Waals surface area contributed by atoms with Gasteiger partial charge in [0.25, 0.3) is 0 Å². The molecule has 2 amide bonds. The van der Waals surface area contributed by atoms with E-state index < -0.39 is 0 Å². The first-order valence-corrected chi connectivity index (χ1v) is 8.51. The summed E-state index contributed by atoms with van der Waals surface area (Å²) in [5.74, 6) is -0.0204. The number of benzene rings is 1. The van der Waals surface area contributed by atoms with Crippen LogP contribution in [0.4, 0.5) is 4.39 Å². The van der Waals surface area contributed by atoms with E-state index in [0.29, 0.717) is 39.4 Å². The topological polar surface area (TPSA) is 49.9 Å². The molecule has 1 unspecified atom stereocenters. The molecule has 1 aromatic carbocycles. The molecule has 24 heavy (non-hydrogen) atoms. The Balaban J connectivity index is 1.38. The number of carbonyl (C=O) groups is 2. The van der Waals surface area contributed by atoms with E-state index in [9.17, 15) is 14.0 Å². The zero-order valence-corrected chi connectivity index (χ0v) is 13.5. The lowest BCUT2D eigenvalue weighted by molar-refractivity contribution is -0.136. The molecule has 0 bridgehead atoms. The molecule has 1 aromatic rings. The van der Waals surface area contributed by atoms with E-state index in [4.69, 9.17) is 4.74 Å². The van der Waals surface area contributed by atoms with Crippen LogP contribution in [0.5, 0.6) is 0 Å². The summed E-state index contributed by atoms with van der Waals surface area (Å²) in [6, 6.07) is 6.37. The summed E-state index contributed by atoms with van der Waals surface area (Å²) < 4.78 is 18.6. The highest BCUT2D eigenvalue weighted by molar-refractivity contribution is 5.85. The largest absolute Gasteiger partial charge is 0.381 e. The summed E-state index contributed by atoms with van der Waals surface area (Å²) in [4.78, 5) is 28.7. The molecule has 0 saturated carbocycles. The second kappa shape index (κ2) is 6.16. The third-order valence-corrected chi connectivity index (χ3v) is 5.38. The Hall–Kier alpha value is -1.95. The normalized spacial score (nSPS) is 29.4. The van der Waals surface area contributed by atoms with Gasteiger partial charge in [0.2, 0.25) is 11.8 Å². The van der Waals surface area contributed by atoms with E-state index in [1.54, 1.807) is 11.0 Å². The van der Waals surface area contributed by atoms with Crippen LogP contribution in [0.3, 0.4) is 0 Å². The lowest BCUT2D eigenvalue weighted by Crippen LogP contribution is -2.38. The molecule has 0 aliphatic carbocycles. The van der Waals surface area contributed by atoms with Crippen molar-refractivity contribution < 1.29 is 18.7 Å². The fourth-order valence-corrected chi connectivity index (χ4v) is 4.11. The average Bonchev–Trinajstić information content (AvgIpc) is 3.27. The third-order valence-electron chi connectivity index (χ3n) is 5.38. The Labute approximate surface area is 140 Å². The zero-order valence-electron chi connectivity index (χ0n) is 13.5. The number of ether oxygens (including phenoxy) is 1. The highest BCUT2D eigenvalue weighted by atomic mass is 19.1. The van der Waals surface area contributed by atoms with Crippen molar-refractivity contribution in [1.82, 2.24) is 9.80 Å². The van der Waals surface area contributed by atoms with Gasteiger partial charge < -0.3 is 14.5 Å². The second-order valence-electron chi connectivity index (χ2n) is 7.02. The Morgan fingerprint density at radius 2 is 2.17 bits per heavy atom. The van der Waals surface area contributed by atoms with E-state index in [0.717, 1.165) is 12.0 Å². The number of rotatable bonds is 3. The van der Waals surface area contributed by atoms with Crippen LogP contribution in [0.15, 0.2) is 24.3 Å². The van der Waals surface area contributed by atoms with Crippen LogP contribution in [0.2, 0.25) is 0 Å². The van der Waals surface area contributed by atoms with Gasteiger partial charge in [0.05, 0.1) is 18.4 Å². The Kier molecular flexibility index (Phi) is 4.00. The number of fused-ring (bicyclic) bond motifs is 1. The van der Waals surface area contributed by atoms with Crippen molar-refractivity contribution in [3.63, 3.8) is 0 Å². The molecule has 3 heterocycles. The van der Waals surface area contributed by atoms with Crippen molar-refractivity contribution in [2.75, 3.05) is 32.8 Å². The molecule has 3 aliphatic rings. The monoisotopic (exact) mass is 332 g/mol. The number of nitrogens with zero attached hydrogens (tertiary/aromatic N) is 2. The molecule has 3 saturated heterocycles. The summed E-state index contributed by atoms with van der Waals surface area (Å²) in [5, 5.41) is 0. The van der Waals surface area contributed by atoms with Gasteiger partial charge in [-0.1, -0.05) is 12.1 Å². The van der Waals surface area contributed by atoms with Crippen LogP contribution < -0.4 is 0 Å². The first kappa shape index (κ1) is 15.6. The molecular weight excluding hydrogens is 311 g/mol. The predicted octanol–water partition coefficient (Wildman–Crippen LogP) is 1.28. The van der Waals surface area contributed by atoms with Crippen molar-refractivity contribution in [1.29, 1.82) is 0 Å². The summed E-state index contributed by atoms with van der Waals surface area (Å²) in [5.41, 5.74) is 0.805. The lowest BCUT2D eigenvalue weighted by Gasteiger charge is -2.23. The van der Waals surface area contributed by atoms with Gasteiger partial charge in [-0.05, 0) is 24.1 Å². The minimum Gasteiger partial charge on any atom is -0.381 e. The average molecular weight is 332 g/mol. The van der Waals surface area contributed by atoms with Crippen LogP contribution in [-0.4, -0.2) is 54.5 Å². The molecule has 0 radical (unpaired) electrons. The maximum absolute atomic E-state index is 13.3. The SMILES string of the molecule is O=C(C1CCOC1)N1C[C@H]2CN(Cc3cccc(F)c3)C(=O)[C@@H]2C1. The number of likely N-dealkylation sites (tertiary alicyclic amines) is 2. The summed E-state index contributed by atoms with van der Waals surface area (Å²) >= 11 is 0. The fourth-order valence-electron chi connectivity index (χ4n) is 4.11. The van der Waals surface area contributed by atoms with Gasteiger partial charge in [0.15, 0.2) is 0 Å². The molecule has 128 valence electrons. The molecule has 3 fully saturated rings. The Morgan fingerprint density at radius 3 is 2.88 bits per heavy atom. The van der Waals surface area contributed by atoms with Gasteiger partial charge in [-0.15, -0.1) is 0 Å². The van der Waals surface area contributed by atoms with E-state index in [-0.39, 0.29) is 35.4 Å². The summed E-state index contributed by atoms with van der Waals surface area (Å²) in [6.45, 7) is 3.39. The van der Waals surface area contributed by atoms with E-state index in [2.05, 4.69) is 0 Å². The van der Waals surface area contributed by atoms with Gasteiger partial charge in [0.1, 0.15) is 5.82 Å². The minimum atomic E-state index is -0.283. The van der Waals surface area contributed by atoms with Crippen molar-refractivity contribution >= 4 is 11.8 Å². The third kappa shape index (κ3) is 2.79. The molecule has 3 atom stereocenters. The Bertz CT molecular complexity index is 659. The summed E-state index contributed by atoms with van der Waals surface area (Å²) in [7, 11) is 0. The highest BCUT2D eigenvalue weighted by Crippen LogP contribution is 2.34. The maximum Gasteiger partial charge on any atom is 0.228 e. The van der Waals surface area contributed by atoms with E-state index in [1.165, 1.54) is 12.1 Å². The van der Waals surface area contributed by atoms with Crippen molar-refractivity contribution in [2.45, 2.75) is 13.0 Å². The van der Waals surface area contributed by atoms with E-state index in [1.807, 2.05) is 11.0 Å². The molecule has 0 aromatic heterocycles. The molecule has 4 rings (SSSR count). The highest BCUT2D eigenvalue weighted by Gasteiger charge is 2.48. The molecule has 3 aliphatic heterocycles. The van der Waals surface area contributed by atoms with Crippen LogP contribution in [0.25, 0.3) is 0 Å². The first-order chi connectivity index (χ1) is 11.6. The van der Waals surface area contributed by atoms with E-state index >= 15 is 0 Å². The van der Waals surface area contributed by atoms with Gasteiger partial charge in [0, 0.05) is 38.7 Å². The van der Waals surface area contributed by atoms with Gasteiger partial charge >= 0.3 is 0 Å². The quantitative estimate of drug-likeness (QED) is 0.838. The standard InChI is InChI=1S/C18H21FN2O3/c19-15-3-1-2-12(6-15)7-20-8-14-9-21(10-16(14)18(20)23)17(22)13-4-5-24-11-13/h1-3,6,13-14,16H,4-5,7-11H2/t13?,14-,16-/m1/s1. The van der Waals surface area contributed by atoms with Gasteiger partial charge in [-0.2, -0.15) is 0 Å². The van der Waals surface area contributed by atoms with Crippen LogP contribution in [-0.2, 0) is 20.9 Å². The lowest BCUT2D eigenvalue weighted by atomic mass is 10.0. The number of halogens is 1. The number of carbonyl (C=O) groups excluding carboxylic acids is 2. The Morgan fingerprint density at radius 1 is 1.29 bits per heavy atom. The minimum absolute atomic E-state index is 0.0395. The molecular formula is C18H21FN2O3. The van der Waals surface area contributed by atoms with Crippen LogP contribution >= 0.6 is 0 Å². The summed E-state index contributed by atoms with van der Waals surface area (Å²) in [6.07, 6.45) is 0.782. The molecule has 5 nitrogen and oxygen atoms in total. The molecule has 6 heteroatoms. The first-order valence-electron chi connectivity index (χ1n) is 8.51. The van der Waals surface area contributed by atoms with Crippen LogP contribution in [0.1, 0.15) is 12.0 Å². The molecule has 0 spiro atoms. The van der Waals surface area contributed by atoms with Crippen molar-refractivity contribution in [2.24, 2.45) is 17.8 Å². The maximum atomic E-state index is 13.3. The second-order valence-corrected chi connectivity index (χ2v) is 7.02. The smallest absolute Gasteiger partial charge is 0.228 e. The van der Waals surface area contributed by atoms with Crippen molar-refractivity contribution in [3.05, 3.63) is 35.6 Å². The fraction of sp³-hybridized carbons (Fsp3) is 0.556. The van der Waals surface area contributed by atoms with Gasteiger partial charge in [-0.3, -0.25) is 9.59 Å². The number of amides is 2. The van der Waals surface area contributed by atoms with Crippen LogP contribution in [0, 0.1) is 23.6 Å².